The zero-order valence-corrected chi connectivity index (χ0v) is 51.3. The highest BCUT2D eigenvalue weighted by molar-refractivity contribution is 7.99. The van der Waals surface area contributed by atoms with Gasteiger partial charge in [-0.25, -0.2) is 21.6 Å². The number of thioether (sulfide) groups is 1. The summed E-state index contributed by atoms with van der Waals surface area (Å²) in [4.78, 5) is 70.8. The van der Waals surface area contributed by atoms with Crippen molar-refractivity contribution in [1.82, 2.24) is 24.7 Å². The van der Waals surface area contributed by atoms with Crippen LogP contribution in [0.4, 0.5) is 30.2 Å². The number of piperazine rings is 1. The lowest BCUT2D eigenvalue weighted by molar-refractivity contribution is -0.136. The number of imide groups is 2. The maximum Gasteiger partial charge on any atom is 0.501 e. The zero-order valence-electron chi connectivity index (χ0n) is 48.1. The van der Waals surface area contributed by atoms with Crippen molar-refractivity contribution in [2.75, 3.05) is 80.7 Å². The van der Waals surface area contributed by atoms with Gasteiger partial charge in [-0.1, -0.05) is 73.8 Å². The number of halogens is 4. The molecule has 5 aromatic carbocycles. The van der Waals surface area contributed by atoms with Crippen LogP contribution in [0.3, 0.4) is 0 Å². The van der Waals surface area contributed by atoms with Crippen LogP contribution in [0.25, 0.3) is 5.57 Å². The summed E-state index contributed by atoms with van der Waals surface area (Å²) in [6.45, 7) is 9.97. The number of carbonyl (C=O) groups excluding carboxylic acids is 5. The highest BCUT2D eigenvalue weighted by Gasteiger charge is 2.49. The van der Waals surface area contributed by atoms with Crippen LogP contribution in [-0.4, -0.2) is 144 Å². The first-order valence-corrected chi connectivity index (χ1v) is 33.0. The molecule has 2 saturated heterocycles. The van der Waals surface area contributed by atoms with Crippen LogP contribution in [0.5, 0.6) is 0 Å². The van der Waals surface area contributed by atoms with Crippen molar-refractivity contribution in [2.45, 2.75) is 104 Å². The number of sulfone groups is 1. The SMILES string of the molecule is CN(CCCCCNc1cccc2c1C(=O)N(C1CCC(=O)NC1=O)C2=O)CCC(CSc1ccccc1)Nc1ccc(S(=O)(=O)NC(=O)c2ccc(N3CCN(CC4=C(c5ccc(Cl)cc5)CCC(C)(C)C4)CC3)cc2)cc1S(=O)(=O)C(F)(F)F. The maximum absolute atomic E-state index is 14.5. The highest BCUT2D eigenvalue weighted by Crippen LogP contribution is 2.43. The molecule has 5 amide bonds. The molecule has 2 atom stereocenters. The van der Waals surface area contributed by atoms with Crippen LogP contribution in [0.1, 0.15) is 108 Å². The van der Waals surface area contributed by atoms with Crippen LogP contribution < -0.4 is 25.6 Å². The molecule has 0 spiro atoms. The summed E-state index contributed by atoms with van der Waals surface area (Å²) >= 11 is 7.61. The number of rotatable bonds is 24. The Morgan fingerprint density at radius 1 is 0.826 bits per heavy atom. The van der Waals surface area contributed by atoms with E-state index in [1.807, 2.05) is 59.1 Å². The molecular formula is C62H70ClF3N8O9S3. The van der Waals surface area contributed by atoms with E-state index in [1.54, 1.807) is 24.3 Å². The predicted molar refractivity (Wildman–Crippen MR) is 328 cm³/mol. The van der Waals surface area contributed by atoms with Gasteiger partial charge in [0.2, 0.25) is 11.8 Å². The van der Waals surface area contributed by atoms with Gasteiger partial charge in [-0.2, -0.15) is 13.2 Å². The number of allylic oxidation sites excluding steroid dienone is 1. The molecule has 9 rings (SSSR count). The van der Waals surface area contributed by atoms with Crippen LogP contribution in [0.2, 0.25) is 5.02 Å². The van der Waals surface area contributed by atoms with Crippen molar-refractivity contribution in [3.05, 3.63) is 148 Å². The van der Waals surface area contributed by atoms with Gasteiger partial charge in [0, 0.05) is 84.3 Å². The van der Waals surface area contributed by atoms with Crippen molar-refractivity contribution < 1.29 is 54.0 Å². The molecule has 0 aromatic heterocycles. The first kappa shape index (κ1) is 63.7. The minimum Gasteiger partial charge on any atom is -0.384 e. The molecule has 0 bridgehead atoms. The van der Waals surface area contributed by atoms with Crippen LogP contribution in [-0.2, 0) is 29.4 Å². The monoisotopic (exact) mass is 1260 g/mol. The topological polar surface area (TPSA) is 215 Å². The van der Waals surface area contributed by atoms with E-state index >= 15 is 0 Å². The molecule has 4 aliphatic rings. The minimum atomic E-state index is -6.15. The van der Waals surface area contributed by atoms with E-state index in [9.17, 15) is 54.0 Å². The number of fused-ring (bicyclic) bond motifs is 1. The van der Waals surface area contributed by atoms with Gasteiger partial charge in [-0.3, -0.25) is 39.1 Å². The number of hydrogen-bond acceptors (Lipinski definition) is 15. The fraction of sp³-hybridized carbons (Fsp3) is 0.403. The Morgan fingerprint density at radius 2 is 1.55 bits per heavy atom. The number of unbranched alkanes of at least 4 members (excludes halogenated alkanes) is 2. The number of alkyl halides is 3. The Kier molecular flexibility index (Phi) is 20.1. The largest absolute Gasteiger partial charge is 0.501 e. The van der Waals surface area contributed by atoms with Crippen LogP contribution >= 0.6 is 23.4 Å². The third-order valence-electron chi connectivity index (χ3n) is 16.1. The molecule has 0 saturated carbocycles. The molecule has 86 heavy (non-hydrogen) atoms. The van der Waals surface area contributed by atoms with Crippen molar-refractivity contribution in [3.63, 3.8) is 0 Å². The molecule has 3 heterocycles. The molecule has 1 aliphatic carbocycles. The Morgan fingerprint density at radius 3 is 2.24 bits per heavy atom. The van der Waals surface area contributed by atoms with Gasteiger partial charge in [0.25, 0.3) is 37.6 Å². The van der Waals surface area contributed by atoms with E-state index in [0.717, 1.165) is 79.4 Å². The molecule has 0 radical (unpaired) electrons. The smallest absolute Gasteiger partial charge is 0.384 e. The lowest BCUT2D eigenvalue weighted by atomic mass is 9.73. The Labute approximate surface area is 509 Å². The first-order valence-electron chi connectivity index (χ1n) is 28.7. The summed E-state index contributed by atoms with van der Waals surface area (Å²) in [5, 5.41) is 9.14. The van der Waals surface area contributed by atoms with Crippen LogP contribution in [0.15, 0.2) is 136 Å². The number of hydrogen-bond donors (Lipinski definition) is 4. The third kappa shape index (κ3) is 15.3. The van der Waals surface area contributed by atoms with Gasteiger partial charge in [0.1, 0.15) is 10.9 Å². The highest BCUT2D eigenvalue weighted by atomic mass is 35.5. The second-order valence-electron chi connectivity index (χ2n) is 23.0. The summed E-state index contributed by atoms with van der Waals surface area (Å²) in [5.41, 5.74) is -0.502. The number of carbonyl (C=O) groups is 5. The average molecular weight is 1260 g/mol. The quantitative estimate of drug-likeness (QED) is 0.0257. The number of anilines is 3. The predicted octanol–water partition coefficient (Wildman–Crippen LogP) is 10.1. The molecule has 2 fully saturated rings. The van der Waals surface area contributed by atoms with Gasteiger partial charge < -0.3 is 20.4 Å². The Bertz CT molecular complexity index is 3600. The van der Waals surface area contributed by atoms with E-state index in [0.29, 0.717) is 62.3 Å². The second kappa shape index (κ2) is 27.1. The van der Waals surface area contributed by atoms with Gasteiger partial charge in [-0.05, 0) is 160 Å². The zero-order chi connectivity index (χ0) is 61.6. The molecule has 2 unspecified atom stereocenters. The second-order valence-corrected chi connectivity index (χ2v) is 28.1. The standard InChI is InChI=1S/C62H70ClF3N8O9S3/c1-61(2)29-27-49(41-15-19-44(63)20-16-41)43(38-61)39-72-33-35-73(36-34-72)46-21-17-42(18-22-46)57(76)70-86(82,83)48-23-24-51(54(37-48)85(80,81)62(64,65)66)68-45(40-84-47-11-6-4-7-12-47)28-32-71(3)31-9-5-8-30-67-52-14-10-13-50-56(52)60(79)74(59(50)78)53-25-26-55(75)69-58(53)77/h4,6-7,10-24,37,45,53,67-68H,5,8-9,25-36,38-40H2,1-3H3,(H,70,76)(H,69,75,77). The molecule has 17 nitrogen and oxygen atoms in total. The van der Waals surface area contributed by atoms with Crippen molar-refractivity contribution in [1.29, 1.82) is 0 Å². The summed E-state index contributed by atoms with van der Waals surface area (Å²) in [5.74, 6) is -3.14. The minimum absolute atomic E-state index is 0.00742. The normalized spacial score (nSPS) is 18.1. The van der Waals surface area contributed by atoms with Crippen molar-refractivity contribution in [2.24, 2.45) is 5.41 Å². The summed E-state index contributed by atoms with van der Waals surface area (Å²) in [7, 11) is -9.20. The molecule has 3 aliphatic heterocycles. The fourth-order valence-corrected chi connectivity index (χ4v) is 14.5. The number of amides is 5. The van der Waals surface area contributed by atoms with E-state index in [-0.39, 0.29) is 40.7 Å². The average Bonchev–Trinajstić information content (AvgIpc) is 1.52. The van der Waals surface area contributed by atoms with E-state index in [4.69, 9.17) is 11.6 Å². The van der Waals surface area contributed by atoms with Crippen molar-refractivity contribution in [3.8, 4) is 0 Å². The Balaban J connectivity index is 0.799. The number of nitrogens with zero attached hydrogens (tertiary/aromatic N) is 4. The van der Waals surface area contributed by atoms with Gasteiger partial charge in [0.15, 0.2) is 0 Å². The fourth-order valence-electron chi connectivity index (χ4n) is 11.4. The Hall–Kier alpha value is -6.76. The summed E-state index contributed by atoms with van der Waals surface area (Å²) < 4.78 is 99.5. The van der Waals surface area contributed by atoms with E-state index < -0.39 is 82.5 Å². The van der Waals surface area contributed by atoms with Gasteiger partial charge >= 0.3 is 5.51 Å². The molecule has 24 heteroatoms. The van der Waals surface area contributed by atoms with E-state index in [2.05, 4.69) is 51.7 Å². The van der Waals surface area contributed by atoms with Crippen molar-refractivity contribution >= 4 is 95.4 Å². The first-order chi connectivity index (χ1) is 40.9. The molecule has 4 N–H and O–H groups in total. The number of benzene rings is 5. The van der Waals surface area contributed by atoms with E-state index in [1.165, 1.54) is 46.7 Å². The summed E-state index contributed by atoms with van der Waals surface area (Å²) in [6.07, 6.45) is 5.64. The van der Waals surface area contributed by atoms with Crippen LogP contribution in [0, 0.1) is 5.41 Å². The summed E-state index contributed by atoms with van der Waals surface area (Å²) in [6, 6.07) is 29.1. The molecule has 458 valence electrons. The number of nitrogens with one attached hydrogen (secondary N) is 4. The third-order valence-corrected chi connectivity index (χ3v) is 20.4. The van der Waals surface area contributed by atoms with Gasteiger partial charge in [0.05, 0.1) is 21.7 Å². The maximum atomic E-state index is 14.5. The molecule has 5 aromatic rings. The molecular weight excluding hydrogens is 1190 g/mol. The number of sulfonamides is 1. The van der Waals surface area contributed by atoms with Gasteiger partial charge in [-0.15, -0.1) is 11.8 Å². The number of piperidine rings is 1. The lowest BCUT2D eigenvalue weighted by Crippen LogP contribution is -2.54. The lowest BCUT2D eigenvalue weighted by Gasteiger charge is -2.39.